The van der Waals surface area contributed by atoms with Gasteiger partial charge in [0, 0.05) is 21.3 Å². The number of benzene rings is 1. The number of ether oxygens (including phenoxy) is 1. The van der Waals surface area contributed by atoms with Crippen LogP contribution in [-0.4, -0.2) is 16.5 Å². The van der Waals surface area contributed by atoms with Crippen LogP contribution in [0.15, 0.2) is 27.5 Å². The molecule has 5 nitrogen and oxygen atoms in total. The van der Waals surface area contributed by atoms with Gasteiger partial charge >= 0.3 is 6.36 Å². The molecule has 23 heavy (non-hydrogen) atoms. The third-order valence-corrected chi connectivity index (χ3v) is 3.29. The minimum Gasteiger partial charge on any atom is -0.504 e. The lowest BCUT2D eigenvalue weighted by atomic mass is 10.00. The fourth-order valence-corrected chi connectivity index (χ4v) is 2.43. The van der Waals surface area contributed by atoms with Gasteiger partial charge in [-0.2, -0.15) is 5.26 Å². The van der Waals surface area contributed by atoms with Crippen molar-refractivity contribution in [2.45, 2.75) is 13.3 Å². The second-order valence-corrected chi connectivity index (χ2v) is 5.45. The summed E-state index contributed by atoms with van der Waals surface area (Å²) >= 11 is 3.01. The molecule has 2 rings (SSSR count). The maximum atomic E-state index is 12.4. The molecule has 0 saturated carbocycles. The number of aromatic nitrogens is 1. The number of rotatable bonds is 2. The molecule has 1 heterocycles. The Kier molecular flexibility index (Phi) is 4.38. The number of phenols is 1. The summed E-state index contributed by atoms with van der Waals surface area (Å²) in [6, 6.07) is 5.26. The number of alkyl halides is 3. The van der Waals surface area contributed by atoms with E-state index in [1.807, 2.05) is 0 Å². The number of aryl methyl sites for hydroxylation is 1. The van der Waals surface area contributed by atoms with Gasteiger partial charge in [-0.15, -0.1) is 13.2 Å². The van der Waals surface area contributed by atoms with Crippen LogP contribution in [0.25, 0.3) is 11.1 Å². The van der Waals surface area contributed by atoms with E-state index in [0.717, 1.165) is 6.07 Å². The van der Waals surface area contributed by atoms with Gasteiger partial charge in [-0.1, -0.05) is 15.9 Å². The van der Waals surface area contributed by atoms with Crippen molar-refractivity contribution in [3.05, 3.63) is 44.3 Å². The van der Waals surface area contributed by atoms with Crippen LogP contribution in [0.2, 0.25) is 0 Å². The minimum absolute atomic E-state index is 0.000394. The second kappa shape index (κ2) is 5.96. The molecule has 0 atom stereocenters. The number of H-pyrrole nitrogens is 1. The zero-order chi connectivity index (χ0) is 17.4. The van der Waals surface area contributed by atoms with Crippen molar-refractivity contribution < 1.29 is 23.0 Å². The van der Waals surface area contributed by atoms with Crippen molar-refractivity contribution in [1.29, 1.82) is 5.26 Å². The number of phenolic OH excluding ortho intramolecular Hbond substituents is 1. The molecule has 120 valence electrons. The van der Waals surface area contributed by atoms with Crippen molar-refractivity contribution in [2.24, 2.45) is 0 Å². The SMILES string of the molecule is Cc1cc(-c2cc(Br)cc(OC(F)(F)F)c2O)c(C#N)c(=O)[nH]1. The molecule has 1 aromatic carbocycles. The van der Waals surface area contributed by atoms with E-state index in [9.17, 15) is 23.1 Å². The fourth-order valence-electron chi connectivity index (χ4n) is 1.99. The predicted octanol–water partition coefficient (Wildman–Crippen LogP) is 3.59. The Labute approximate surface area is 136 Å². The first kappa shape index (κ1) is 16.9. The van der Waals surface area contributed by atoms with E-state index in [0.29, 0.717) is 5.69 Å². The first-order chi connectivity index (χ1) is 10.6. The predicted molar refractivity (Wildman–Crippen MR) is 78.0 cm³/mol. The summed E-state index contributed by atoms with van der Waals surface area (Å²) in [5, 5.41) is 19.2. The lowest BCUT2D eigenvalue weighted by molar-refractivity contribution is -0.275. The molecule has 2 N–H and O–H groups in total. The summed E-state index contributed by atoms with van der Waals surface area (Å²) in [4.78, 5) is 14.2. The Balaban J connectivity index is 2.76. The molecule has 0 radical (unpaired) electrons. The van der Waals surface area contributed by atoms with Crippen LogP contribution in [0.4, 0.5) is 13.2 Å². The van der Waals surface area contributed by atoms with Crippen LogP contribution in [-0.2, 0) is 0 Å². The standard InChI is InChI=1S/C14H8BrF3N2O3/c1-6-2-8(10(5-19)13(22)20-6)9-3-7(15)4-11(12(9)21)23-14(16,17)18/h2-4,21H,1H3,(H,20,22). The van der Waals surface area contributed by atoms with Crippen molar-refractivity contribution in [1.82, 2.24) is 4.98 Å². The van der Waals surface area contributed by atoms with Crippen molar-refractivity contribution in [3.8, 4) is 28.7 Å². The van der Waals surface area contributed by atoms with Gasteiger partial charge in [0.1, 0.15) is 11.6 Å². The van der Waals surface area contributed by atoms with Crippen LogP contribution >= 0.6 is 15.9 Å². The topological polar surface area (TPSA) is 86.1 Å². The maximum Gasteiger partial charge on any atom is 0.573 e. The van der Waals surface area contributed by atoms with Gasteiger partial charge < -0.3 is 14.8 Å². The Hall–Kier alpha value is -2.47. The summed E-state index contributed by atoms with van der Waals surface area (Å²) in [6.07, 6.45) is -5.00. The van der Waals surface area contributed by atoms with Gasteiger partial charge in [0.25, 0.3) is 5.56 Å². The Morgan fingerprint density at radius 2 is 1.96 bits per heavy atom. The number of pyridine rings is 1. The number of nitriles is 1. The average molecular weight is 389 g/mol. The van der Waals surface area contributed by atoms with Gasteiger partial charge in [0.15, 0.2) is 11.5 Å². The molecule has 0 aliphatic heterocycles. The van der Waals surface area contributed by atoms with E-state index < -0.39 is 23.4 Å². The number of halogens is 4. The van der Waals surface area contributed by atoms with Gasteiger partial charge in [-0.05, 0) is 25.1 Å². The van der Waals surface area contributed by atoms with E-state index in [4.69, 9.17) is 5.26 Å². The van der Waals surface area contributed by atoms with Gasteiger partial charge in [-0.3, -0.25) is 4.79 Å². The average Bonchev–Trinajstić information content (AvgIpc) is 2.40. The van der Waals surface area contributed by atoms with Crippen LogP contribution in [0, 0.1) is 18.3 Å². The molecule has 0 amide bonds. The lowest BCUT2D eigenvalue weighted by Crippen LogP contribution is -2.17. The minimum atomic E-state index is -5.00. The molecule has 0 saturated heterocycles. The third kappa shape index (κ3) is 3.65. The molecule has 0 spiro atoms. The number of hydrogen-bond donors (Lipinski definition) is 2. The molecular formula is C14H8BrF3N2O3. The summed E-state index contributed by atoms with van der Waals surface area (Å²) in [5.74, 6) is -1.67. The third-order valence-electron chi connectivity index (χ3n) is 2.84. The van der Waals surface area contributed by atoms with Gasteiger partial charge in [0.2, 0.25) is 0 Å². The number of aromatic hydroxyl groups is 1. The van der Waals surface area contributed by atoms with Crippen molar-refractivity contribution in [2.75, 3.05) is 0 Å². The first-order valence-corrected chi connectivity index (χ1v) is 6.84. The summed E-state index contributed by atoms with van der Waals surface area (Å²) < 4.78 is 41.1. The molecular weight excluding hydrogens is 381 g/mol. The molecule has 0 aliphatic carbocycles. The van der Waals surface area contributed by atoms with Crippen molar-refractivity contribution >= 4 is 15.9 Å². The summed E-state index contributed by atoms with van der Waals surface area (Å²) in [6.45, 7) is 1.54. The second-order valence-electron chi connectivity index (χ2n) is 4.53. The molecule has 0 aliphatic rings. The Morgan fingerprint density at radius 3 is 2.52 bits per heavy atom. The normalized spacial score (nSPS) is 11.1. The van der Waals surface area contributed by atoms with E-state index in [-0.39, 0.29) is 21.2 Å². The van der Waals surface area contributed by atoms with Crippen molar-refractivity contribution in [3.63, 3.8) is 0 Å². The number of nitrogens with one attached hydrogen (secondary N) is 1. The molecule has 0 bridgehead atoms. The van der Waals surface area contributed by atoms with E-state index in [1.165, 1.54) is 19.1 Å². The quantitative estimate of drug-likeness (QED) is 0.822. The largest absolute Gasteiger partial charge is 0.573 e. The van der Waals surface area contributed by atoms with Gasteiger partial charge in [-0.25, -0.2) is 0 Å². The highest BCUT2D eigenvalue weighted by Gasteiger charge is 2.33. The molecule has 9 heteroatoms. The van der Waals surface area contributed by atoms with Crippen LogP contribution in [0.3, 0.4) is 0 Å². The molecule has 1 aromatic heterocycles. The highest BCUT2D eigenvalue weighted by molar-refractivity contribution is 9.10. The maximum absolute atomic E-state index is 12.4. The van der Waals surface area contributed by atoms with Gasteiger partial charge in [0.05, 0.1) is 0 Å². The van der Waals surface area contributed by atoms with E-state index in [1.54, 1.807) is 6.07 Å². The van der Waals surface area contributed by atoms with E-state index >= 15 is 0 Å². The highest BCUT2D eigenvalue weighted by Crippen LogP contribution is 2.42. The first-order valence-electron chi connectivity index (χ1n) is 6.05. The monoisotopic (exact) mass is 388 g/mol. The Bertz CT molecular complexity index is 869. The number of aromatic amines is 1. The van der Waals surface area contributed by atoms with E-state index in [2.05, 4.69) is 25.7 Å². The Morgan fingerprint density at radius 1 is 1.30 bits per heavy atom. The summed E-state index contributed by atoms with van der Waals surface area (Å²) in [5.41, 5.74) is -0.798. The number of nitrogens with zero attached hydrogens (tertiary/aromatic N) is 1. The summed E-state index contributed by atoms with van der Waals surface area (Å²) in [7, 11) is 0. The number of hydrogen-bond acceptors (Lipinski definition) is 4. The zero-order valence-corrected chi connectivity index (χ0v) is 13.0. The molecule has 2 aromatic rings. The van der Waals surface area contributed by atoms with Crippen LogP contribution < -0.4 is 10.3 Å². The molecule has 0 unspecified atom stereocenters. The highest BCUT2D eigenvalue weighted by atomic mass is 79.9. The smallest absolute Gasteiger partial charge is 0.504 e. The molecule has 0 fully saturated rings. The van der Waals surface area contributed by atoms with Crippen LogP contribution in [0.5, 0.6) is 11.5 Å². The van der Waals surface area contributed by atoms with Crippen LogP contribution in [0.1, 0.15) is 11.3 Å². The fraction of sp³-hybridized carbons (Fsp3) is 0.143. The lowest BCUT2D eigenvalue weighted by Gasteiger charge is -2.14. The zero-order valence-electron chi connectivity index (χ0n) is 11.5.